The Morgan fingerprint density at radius 2 is 1.86 bits per heavy atom. The Labute approximate surface area is 169 Å². The number of carbonyl (C=O) groups excluding carboxylic acids is 1. The van der Waals surface area contributed by atoms with E-state index in [1.54, 1.807) is 18.2 Å². The van der Waals surface area contributed by atoms with Crippen LogP contribution in [0.5, 0.6) is 5.75 Å². The number of nitrogens with zero attached hydrogens (tertiary/aromatic N) is 1. The van der Waals surface area contributed by atoms with Crippen molar-refractivity contribution in [1.29, 1.82) is 0 Å². The Morgan fingerprint density at radius 3 is 2.61 bits per heavy atom. The van der Waals surface area contributed by atoms with E-state index in [1.165, 1.54) is 12.1 Å². The van der Waals surface area contributed by atoms with Crippen molar-refractivity contribution in [1.82, 2.24) is 4.98 Å². The van der Waals surface area contributed by atoms with Crippen LogP contribution in [0.25, 0.3) is 28.6 Å². The highest BCUT2D eigenvalue weighted by atomic mass is 79.9. The number of para-hydroxylation sites is 2. The first-order valence-corrected chi connectivity index (χ1v) is 9.31. The summed E-state index contributed by atoms with van der Waals surface area (Å²) in [6, 6.07) is 19.8. The molecule has 1 aromatic heterocycles. The average molecular weight is 435 g/mol. The average Bonchev–Trinajstić information content (AvgIpc) is 3.11. The van der Waals surface area contributed by atoms with Crippen LogP contribution in [0.1, 0.15) is 5.56 Å². The summed E-state index contributed by atoms with van der Waals surface area (Å²) in [7, 11) is 0. The van der Waals surface area contributed by atoms with E-state index in [-0.39, 0.29) is 11.7 Å². The zero-order chi connectivity index (χ0) is 19.5. The number of hydrogen-bond donors (Lipinski definition) is 2. The molecule has 0 spiro atoms. The van der Waals surface area contributed by atoms with Crippen LogP contribution >= 0.6 is 15.9 Å². The lowest BCUT2D eigenvalue weighted by Crippen LogP contribution is -2.07. The van der Waals surface area contributed by atoms with Gasteiger partial charge in [-0.3, -0.25) is 4.79 Å². The molecule has 138 valence electrons. The number of hydrogen-bond acceptors (Lipinski definition) is 4. The van der Waals surface area contributed by atoms with Crippen molar-refractivity contribution in [3.05, 3.63) is 82.8 Å². The van der Waals surface area contributed by atoms with Crippen molar-refractivity contribution >= 4 is 44.7 Å². The Balaban J connectivity index is 1.49. The molecular weight excluding hydrogens is 420 g/mol. The molecule has 1 heterocycles. The van der Waals surface area contributed by atoms with E-state index < -0.39 is 0 Å². The minimum absolute atomic E-state index is 0.0266. The Hall–Kier alpha value is -3.38. The zero-order valence-corrected chi connectivity index (χ0v) is 16.2. The Morgan fingerprint density at radius 1 is 1.07 bits per heavy atom. The lowest BCUT2D eigenvalue weighted by Gasteiger charge is -2.05. The lowest BCUT2D eigenvalue weighted by atomic mass is 10.1. The number of benzene rings is 3. The third-order valence-corrected chi connectivity index (χ3v) is 4.62. The molecule has 4 aromatic rings. The van der Waals surface area contributed by atoms with Gasteiger partial charge in [-0.2, -0.15) is 0 Å². The normalized spacial score (nSPS) is 11.2. The lowest BCUT2D eigenvalue weighted by molar-refractivity contribution is -0.111. The number of phenols is 1. The van der Waals surface area contributed by atoms with Crippen molar-refractivity contribution in [2.75, 3.05) is 5.32 Å². The van der Waals surface area contributed by atoms with Crippen LogP contribution < -0.4 is 5.32 Å². The predicted molar refractivity (Wildman–Crippen MR) is 113 cm³/mol. The van der Waals surface area contributed by atoms with Gasteiger partial charge in [0.15, 0.2) is 5.58 Å². The fraction of sp³-hybridized carbons (Fsp3) is 0. The summed E-state index contributed by atoms with van der Waals surface area (Å²) in [6.07, 6.45) is 3.16. The minimum atomic E-state index is -0.295. The van der Waals surface area contributed by atoms with E-state index >= 15 is 0 Å². The van der Waals surface area contributed by atoms with Gasteiger partial charge in [0.05, 0.1) is 5.56 Å². The molecule has 0 atom stereocenters. The second kappa shape index (κ2) is 7.70. The molecule has 0 saturated carbocycles. The highest BCUT2D eigenvalue weighted by molar-refractivity contribution is 9.10. The molecule has 1 amide bonds. The fourth-order valence-electron chi connectivity index (χ4n) is 2.71. The van der Waals surface area contributed by atoms with E-state index in [0.29, 0.717) is 28.2 Å². The number of carbonyl (C=O) groups is 1. The molecule has 0 unspecified atom stereocenters. The van der Waals surface area contributed by atoms with Crippen LogP contribution in [0.4, 0.5) is 5.69 Å². The first-order chi connectivity index (χ1) is 13.6. The molecule has 0 radical (unpaired) electrons. The maximum absolute atomic E-state index is 12.1. The summed E-state index contributed by atoms with van der Waals surface area (Å²) in [5.74, 6) is 0.00452. The van der Waals surface area contributed by atoms with Gasteiger partial charge in [-0.1, -0.05) is 40.2 Å². The molecule has 5 nitrogen and oxygen atoms in total. The SMILES string of the molecule is O=C(C=Cc1ccc(Br)cc1)Nc1ccc(-c2nc3ccccc3o2)c(O)c1. The van der Waals surface area contributed by atoms with E-state index in [0.717, 1.165) is 10.0 Å². The van der Waals surface area contributed by atoms with E-state index in [1.807, 2.05) is 48.5 Å². The van der Waals surface area contributed by atoms with Crippen LogP contribution in [-0.4, -0.2) is 16.0 Å². The molecule has 0 bridgehead atoms. The number of halogens is 1. The molecule has 28 heavy (non-hydrogen) atoms. The molecule has 2 N–H and O–H groups in total. The molecule has 0 aliphatic carbocycles. The van der Waals surface area contributed by atoms with Crippen LogP contribution in [0.3, 0.4) is 0 Å². The van der Waals surface area contributed by atoms with Gasteiger partial charge in [-0.25, -0.2) is 4.98 Å². The van der Waals surface area contributed by atoms with Crippen molar-refractivity contribution in [2.24, 2.45) is 0 Å². The summed E-state index contributed by atoms with van der Waals surface area (Å²) in [6.45, 7) is 0. The topological polar surface area (TPSA) is 75.4 Å². The van der Waals surface area contributed by atoms with Gasteiger partial charge < -0.3 is 14.8 Å². The molecule has 6 heteroatoms. The number of oxazole rings is 1. The molecule has 0 aliphatic rings. The second-order valence-corrected chi connectivity index (χ2v) is 7.01. The van der Waals surface area contributed by atoms with Crippen LogP contribution in [-0.2, 0) is 4.79 Å². The smallest absolute Gasteiger partial charge is 0.248 e. The Kier molecular flexibility index (Phi) is 4.95. The number of anilines is 1. The summed E-state index contributed by atoms with van der Waals surface area (Å²) in [5, 5.41) is 13.1. The third kappa shape index (κ3) is 3.97. The van der Waals surface area contributed by atoms with Crippen LogP contribution in [0.2, 0.25) is 0 Å². The highest BCUT2D eigenvalue weighted by Gasteiger charge is 2.13. The molecule has 0 aliphatic heterocycles. The summed E-state index contributed by atoms with van der Waals surface area (Å²) >= 11 is 3.37. The maximum Gasteiger partial charge on any atom is 0.248 e. The molecule has 4 rings (SSSR count). The predicted octanol–water partition coefficient (Wildman–Crippen LogP) is 5.61. The monoisotopic (exact) mass is 434 g/mol. The van der Waals surface area contributed by atoms with Crippen molar-refractivity contribution in [2.45, 2.75) is 0 Å². The van der Waals surface area contributed by atoms with Crippen LogP contribution in [0, 0.1) is 0 Å². The number of nitrogens with one attached hydrogen (secondary N) is 1. The zero-order valence-electron chi connectivity index (χ0n) is 14.6. The summed E-state index contributed by atoms with van der Waals surface area (Å²) < 4.78 is 6.65. The molecule has 3 aromatic carbocycles. The number of fused-ring (bicyclic) bond motifs is 1. The summed E-state index contributed by atoms with van der Waals surface area (Å²) in [4.78, 5) is 16.5. The van der Waals surface area contributed by atoms with Gasteiger partial charge in [-0.15, -0.1) is 0 Å². The van der Waals surface area contributed by atoms with Crippen molar-refractivity contribution in [3.8, 4) is 17.2 Å². The van der Waals surface area contributed by atoms with Crippen molar-refractivity contribution in [3.63, 3.8) is 0 Å². The van der Waals surface area contributed by atoms with Gasteiger partial charge >= 0.3 is 0 Å². The van der Waals surface area contributed by atoms with Gasteiger partial charge in [0.2, 0.25) is 11.8 Å². The third-order valence-electron chi connectivity index (χ3n) is 4.09. The molecular formula is C22H15BrN2O3. The maximum atomic E-state index is 12.1. The number of amides is 1. The van der Waals surface area contributed by atoms with E-state index in [9.17, 15) is 9.90 Å². The highest BCUT2D eigenvalue weighted by Crippen LogP contribution is 2.33. The fourth-order valence-corrected chi connectivity index (χ4v) is 2.97. The largest absolute Gasteiger partial charge is 0.507 e. The molecule has 0 fully saturated rings. The van der Waals surface area contributed by atoms with Gasteiger partial charge in [-0.05, 0) is 48.0 Å². The quantitative estimate of drug-likeness (QED) is 0.409. The standard InChI is InChI=1S/C22H15BrN2O3/c23-15-8-5-14(6-9-15)7-12-21(27)24-16-10-11-17(19(26)13-16)22-25-18-3-1-2-4-20(18)28-22/h1-13,26H,(H,24,27). The van der Waals surface area contributed by atoms with E-state index in [4.69, 9.17) is 4.42 Å². The second-order valence-electron chi connectivity index (χ2n) is 6.09. The Bertz CT molecular complexity index is 1150. The number of rotatable bonds is 4. The van der Waals surface area contributed by atoms with Gasteiger partial charge in [0.1, 0.15) is 11.3 Å². The van der Waals surface area contributed by atoms with Gasteiger partial charge in [0, 0.05) is 22.3 Å². The summed E-state index contributed by atoms with van der Waals surface area (Å²) in [5.41, 5.74) is 3.20. The van der Waals surface area contributed by atoms with E-state index in [2.05, 4.69) is 26.2 Å². The number of phenolic OH excluding ortho intramolecular Hbond substituents is 1. The number of aromatic hydroxyl groups is 1. The number of aromatic nitrogens is 1. The molecule has 0 saturated heterocycles. The van der Waals surface area contributed by atoms with Gasteiger partial charge in [0.25, 0.3) is 0 Å². The first-order valence-electron chi connectivity index (χ1n) is 8.52. The van der Waals surface area contributed by atoms with Crippen molar-refractivity contribution < 1.29 is 14.3 Å². The minimum Gasteiger partial charge on any atom is -0.507 e. The van der Waals surface area contributed by atoms with Crippen LogP contribution in [0.15, 0.2) is 81.7 Å². The first kappa shape index (κ1) is 18.0.